The zero-order chi connectivity index (χ0) is 12.3. The van der Waals surface area contributed by atoms with Crippen LogP contribution in [0, 0.1) is 6.92 Å². The van der Waals surface area contributed by atoms with Crippen molar-refractivity contribution in [3.05, 3.63) is 48.4 Å². The molecule has 0 aliphatic rings. The molecule has 0 saturated carbocycles. The lowest BCUT2D eigenvalue weighted by atomic mass is 10.2. The summed E-state index contributed by atoms with van der Waals surface area (Å²) in [6.07, 6.45) is 1.23. The summed E-state index contributed by atoms with van der Waals surface area (Å²) in [5.74, 6) is 0.385. The normalized spacial score (nSPS) is 10.2. The van der Waals surface area contributed by atoms with E-state index < -0.39 is 0 Å². The average Bonchev–Trinajstić information content (AvgIpc) is 2.36. The van der Waals surface area contributed by atoms with Gasteiger partial charge in [0.05, 0.1) is 12.1 Å². The molecule has 0 bridgehead atoms. The number of carbonyl (C=O) groups is 1. The van der Waals surface area contributed by atoms with Crippen molar-refractivity contribution in [2.45, 2.75) is 13.5 Å². The predicted molar refractivity (Wildman–Crippen MR) is 66.3 cm³/mol. The van der Waals surface area contributed by atoms with Crippen LogP contribution in [0.5, 0.6) is 0 Å². The third-order valence-corrected chi connectivity index (χ3v) is 2.45. The van der Waals surface area contributed by atoms with Gasteiger partial charge in [-0.05, 0) is 19.1 Å². The molecule has 1 aromatic heterocycles. The first kappa shape index (κ1) is 11.3. The molecule has 0 spiro atoms. The van der Waals surface area contributed by atoms with Crippen LogP contribution in [0.25, 0.3) is 10.9 Å². The Kier molecular flexibility index (Phi) is 3.14. The summed E-state index contributed by atoms with van der Waals surface area (Å²) < 4.78 is 0. The smallest absolute Gasteiger partial charge is 0.243 e. The zero-order valence-electron chi connectivity index (χ0n) is 9.60. The Labute approximate surface area is 99.4 Å². The van der Waals surface area contributed by atoms with Crippen molar-refractivity contribution < 1.29 is 4.79 Å². The number of aromatic nitrogens is 2. The number of hydrogen-bond donors (Lipinski definition) is 1. The first-order valence-electron chi connectivity index (χ1n) is 5.33. The van der Waals surface area contributed by atoms with Crippen molar-refractivity contribution in [1.29, 1.82) is 0 Å². The molecule has 1 heterocycles. The van der Waals surface area contributed by atoms with Gasteiger partial charge in [0.15, 0.2) is 0 Å². The van der Waals surface area contributed by atoms with E-state index in [1.54, 1.807) is 0 Å². The Morgan fingerprint density at radius 2 is 2.18 bits per heavy atom. The van der Waals surface area contributed by atoms with Gasteiger partial charge in [0, 0.05) is 11.1 Å². The summed E-state index contributed by atoms with van der Waals surface area (Å²) in [5.41, 5.74) is 1.81. The third-order valence-electron chi connectivity index (χ3n) is 2.45. The van der Waals surface area contributed by atoms with E-state index in [-0.39, 0.29) is 5.91 Å². The van der Waals surface area contributed by atoms with Crippen LogP contribution in [0.1, 0.15) is 11.5 Å². The number of rotatable bonds is 3. The van der Waals surface area contributed by atoms with Gasteiger partial charge in [-0.1, -0.05) is 24.8 Å². The minimum atomic E-state index is -0.223. The molecule has 4 nitrogen and oxygen atoms in total. The van der Waals surface area contributed by atoms with E-state index in [0.717, 1.165) is 16.6 Å². The van der Waals surface area contributed by atoms with E-state index in [2.05, 4.69) is 21.9 Å². The topological polar surface area (TPSA) is 54.9 Å². The lowest BCUT2D eigenvalue weighted by molar-refractivity contribution is -0.116. The summed E-state index contributed by atoms with van der Waals surface area (Å²) >= 11 is 0. The van der Waals surface area contributed by atoms with Crippen molar-refractivity contribution in [3.8, 4) is 0 Å². The molecule has 4 heteroatoms. The van der Waals surface area contributed by atoms with E-state index >= 15 is 0 Å². The maximum atomic E-state index is 11.0. The fraction of sp³-hybridized carbons (Fsp3) is 0.154. The highest BCUT2D eigenvalue weighted by molar-refractivity contribution is 5.86. The number of hydrogen-bond acceptors (Lipinski definition) is 3. The zero-order valence-corrected chi connectivity index (χ0v) is 9.60. The van der Waals surface area contributed by atoms with Gasteiger partial charge in [0.1, 0.15) is 5.82 Å². The van der Waals surface area contributed by atoms with Crippen LogP contribution in [0.4, 0.5) is 0 Å². The molecule has 1 N–H and O–H groups in total. The lowest BCUT2D eigenvalue weighted by Crippen LogP contribution is -2.21. The number of para-hydroxylation sites is 1. The Morgan fingerprint density at radius 3 is 2.94 bits per heavy atom. The number of fused-ring (bicyclic) bond motifs is 1. The second-order valence-electron chi connectivity index (χ2n) is 3.66. The van der Waals surface area contributed by atoms with Crippen molar-refractivity contribution in [3.63, 3.8) is 0 Å². The van der Waals surface area contributed by atoms with Crippen LogP contribution < -0.4 is 5.32 Å². The number of aryl methyl sites for hydroxylation is 1. The second kappa shape index (κ2) is 4.74. The van der Waals surface area contributed by atoms with Gasteiger partial charge in [0.25, 0.3) is 0 Å². The number of benzene rings is 1. The van der Waals surface area contributed by atoms with Gasteiger partial charge in [-0.15, -0.1) is 0 Å². The molecule has 1 amide bonds. The first-order chi connectivity index (χ1) is 8.20. The molecule has 2 aromatic rings. The minimum Gasteiger partial charge on any atom is -0.345 e. The fourth-order valence-corrected chi connectivity index (χ4v) is 1.61. The fourth-order valence-electron chi connectivity index (χ4n) is 1.61. The molecule has 0 aliphatic carbocycles. The molecule has 0 fully saturated rings. The molecule has 86 valence electrons. The van der Waals surface area contributed by atoms with Crippen LogP contribution in [0.2, 0.25) is 0 Å². The van der Waals surface area contributed by atoms with Crippen LogP contribution in [-0.2, 0) is 11.3 Å². The lowest BCUT2D eigenvalue weighted by Gasteiger charge is -2.05. The van der Waals surface area contributed by atoms with E-state index in [1.165, 1.54) is 6.08 Å². The van der Waals surface area contributed by atoms with E-state index in [0.29, 0.717) is 12.4 Å². The highest BCUT2D eigenvalue weighted by Crippen LogP contribution is 2.14. The summed E-state index contributed by atoms with van der Waals surface area (Å²) in [6.45, 7) is 5.64. The van der Waals surface area contributed by atoms with Crippen LogP contribution >= 0.6 is 0 Å². The van der Waals surface area contributed by atoms with E-state index in [4.69, 9.17) is 0 Å². The standard InChI is InChI=1S/C13H13N3O/c1-3-13(17)14-8-12-15-9(2)10-6-4-5-7-11(10)16-12/h3-7H,1,8H2,2H3,(H,14,17). The minimum absolute atomic E-state index is 0.223. The van der Waals surface area contributed by atoms with Crippen LogP contribution in [-0.4, -0.2) is 15.9 Å². The van der Waals surface area contributed by atoms with E-state index in [1.807, 2.05) is 31.2 Å². The average molecular weight is 227 g/mol. The van der Waals surface area contributed by atoms with Gasteiger partial charge >= 0.3 is 0 Å². The third kappa shape index (κ3) is 2.47. The van der Waals surface area contributed by atoms with Gasteiger partial charge < -0.3 is 5.32 Å². The molecule has 0 aliphatic heterocycles. The molecule has 0 unspecified atom stereocenters. The SMILES string of the molecule is C=CC(=O)NCc1nc(C)c2ccccc2n1. The number of nitrogens with one attached hydrogen (secondary N) is 1. The summed E-state index contributed by atoms with van der Waals surface area (Å²) in [7, 11) is 0. The monoisotopic (exact) mass is 227 g/mol. The molecule has 0 radical (unpaired) electrons. The predicted octanol–water partition coefficient (Wildman–Crippen LogP) is 1.74. The Bertz CT molecular complexity index is 578. The van der Waals surface area contributed by atoms with Gasteiger partial charge in [-0.2, -0.15) is 0 Å². The summed E-state index contributed by atoms with van der Waals surface area (Å²) in [4.78, 5) is 19.8. The molecule has 0 saturated heterocycles. The van der Waals surface area contributed by atoms with Gasteiger partial charge in [-0.25, -0.2) is 9.97 Å². The quantitative estimate of drug-likeness (QED) is 0.812. The van der Waals surface area contributed by atoms with E-state index in [9.17, 15) is 4.79 Å². The van der Waals surface area contributed by atoms with Crippen LogP contribution in [0.15, 0.2) is 36.9 Å². The van der Waals surface area contributed by atoms with Crippen molar-refractivity contribution >= 4 is 16.8 Å². The highest BCUT2D eigenvalue weighted by Gasteiger charge is 2.04. The highest BCUT2D eigenvalue weighted by atomic mass is 16.1. The second-order valence-corrected chi connectivity index (χ2v) is 3.66. The molecule has 2 rings (SSSR count). The summed E-state index contributed by atoms with van der Waals surface area (Å²) in [5, 5.41) is 3.69. The first-order valence-corrected chi connectivity index (χ1v) is 5.33. The largest absolute Gasteiger partial charge is 0.345 e. The van der Waals surface area contributed by atoms with Crippen molar-refractivity contribution in [1.82, 2.24) is 15.3 Å². The molecule has 17 heavy (non-hydrogen) atoms. The molecule has 0 atom stereocenters. The number of amides is 1. The Hall–Kier alpha value is -2.23. The maximum Gasteiger partial charge on any atom is 0.243 e. The molecular weight excluding hydrogens is 214 g/mol. The Balaban J connectivity index is 2.30. The number of carbonyl (C=O) groups excluding carboxylic acids is 1. The molecule has 1 aromatic carbocycles. The van der Waals surface area contributed by atoms with Crippen LogP contribution in [0.3, 0.4) is 0 Å². The maximum absolute atomic E-state index is 11.0. The molecular formula is C13H13N3O. The number of nitrogens with zero attached hydrogens (tertiary/aromatic N) is 2. The van der Waals surface area contributed by atoms with Gasteiger partial charge in [0.2, 0.25) is 5.91 Å². The Morgan fingerprint density at radius 1 is 1.41 bits per heavy atom. The summed E-state index contributed by atoms with van der Waals surface area (Å²) in [6, 6.07) is 7.80. The van der Waals surface area contributed by atoms with Crippen molar-refractivity contribution in [2.24, 2.45) is 0 Å². The van der Waals surface area contributed by atoms with Crippen molar-refractivity contribution in [2.75, 3.05) is 0 Å². The van der Waals surface area contributed by atoms with Gasteiger partial charge in [-0.3, -0.25) is 4.79 Å².